The molecule has 0 bridgehead atoms. The number of para-hydroxylation sites is 2. The molecule has 0 heterocycles. The van der Waals surface area contributed by atoms with Gasteiger partial charge in [0.05, 0.1) is 47.6 Å². The summed E-state index contributed by atoms with van der Waals surface area (Å²) in [6.07, 6.45) is -9.56. The number of nitro groups is 2. The maximum absolute atomic E-state index is 12.7. The zero-order valence-corrected chi connectivity index (χ0v) is 75.0. The third kappa shape index (κ3) is 40.4. The molecule has 0 N–H and O–H groups in total. The molecule has 9 rings (SSSR count). The Morgan fingerprint density at radius 1 is 0.397 bits per heavy atom. The van der Waals surface area contributed by atoms with Gasteiger partial charge in [0.1, 0.15) is 37.0 Å². The Hall–Kier alpha value is -6.11. The van der Waals surface area contributed by atoms with Crippen LogP contribution in [0.15, 0.2) is 207 Å². The van der Waals surface area contributed by atoms with Crippen molar-refractivity contribution in [2.75, 3.05) is 0 Å². The van der Waals surface area contributed by atoms with E-state index in [2.05, 4.69) is 36.2 Å². The monoisotopic (exact) mass is 2220 g/mol. The van der Waals surface area contributed by atoms with Crippen molar-refractivity contribution in [3.05, 3.63) is 278 Å². The predicted molar refractivity (Wildman–Crippen MR) is 419 cm³/mol. The lowest BCUT2D eigenvalue weighted by atomic mass is 10.2. The summed E-state index contributed by atoms with van der Waals surface area (Å²) in [6.45, 7) is 6.61. The van der Waals surface area contributed by atoms with Gasteiger partial charge in [0.25, 0.3) is 83.8 Å². The van der Waals surface area contributed by atoms with Gasteiger partial charge in [0.15, 0.2) is 44.5 Å². The van der Waals surface area contributed by atoms with Crippen molar-refractivity contribution in [2.45, 2.75) is 57.5 Å². The Morgan fingerprint density at radius 3 is 1.13 bits per heavy atom. The summed E-state index contributed by atoms with van der Waals surface area (Å²) in [5.74, 6) is -16.2. The van der Waals surface area contributed by atoms with Gasteiger partial charge in [-0.25, -0.2) is 116 Å². The maximum Gasteiger partial charge on any atom is 0.573 e. The summed E-state index contributed by atoms with van der Waals surface area (Å²) < 4.78 is 369. The van der Waals surface area contributed by atoms with Crippen LogP contribution in [0.1, 0.15) is 11.1 Å². The second-order valence-corrected chi connectivity index (χ2v) is 46.0. The molecule has 0 aromatic heterocycles. The molecule has 0 amide bonds. The van der Waals surface area contributed by atoms with E-state index >= 15 is 0 Å². The lowest BCUT2D eigenvalue weighted by Crippen LogP contribution is -2.18. The molecule has 9 aromatic rings. The number of nitro benzene ring substituents is 2. The van der Waals surface area contributed by atoms with E-state index in [-0.39, 0.29) is 45.5 Å². The van der Waals surface area contributed by atoms with E-state index < -0.39 is 203 Å². The lowest BCUT2D eigenvalue weighted by Gasteiger charge is -2.11. The number of alkyl halides is 6. The first-order valence-corrected chi connectivity index (χ1v) is 51.5. The van der Waals surface area contributed by atoms with Crippen LogP contribution in [-0.4, -0.2) is 92.0 Å². The molecule has 63 heteroatoms. The van der Waals surface area contributed by atoms with E-state index in [0.717, 1.165) is 54.6 Å². The van der Waals surface area contributed by atoms with Gasteiger partial charge in [-0.1, -0.05) is 117 Å². The standard InChI is InChI=1S/C7H3BrClF3O3S.C7H3Cl2F3O2S.C7H6ClNO4S.C7H4ClNO2S.C6H3Cl3O2S.C6H3Cl2FO2S.C6ClF5O2S.C6H3ClF2O2S.C6H4ClNO4S/c8-4-1-2-6(16(9,13)14)5(3-4)15-7(10,11)12;8-5-3-4(7(10,11)12)1-2-6(5)15(9,13)14;8-14(12,13)5-6-3-1-2-4-7(6)9(10)11;1-9-6-2-4-7(5-3-6)12(8,10)11;7-4-1-5(8)3-6(2-4)12(9,10)11;7-5-3-4(9)1-2-6(5)12(8,10)11;7-15(13,14)6-4(11)2(9)1(8)3(10)5(6)12;7-12(10,11)6-2-1-4(8)3-5(6)9;7-13(11,12)6-4-2-1-3-5(6)8(9)10/h1-3H;1-3H;1-4H,5H2;2-5H;2*1-3H;;1-3H;1-4H. The molecule has 0 aliphatic carbocycles. The molecule has 0 aliphatic rings. The molecule has 0 aliphatic heterocycles. The Morgan fingerprint density at radius 2 is 0.777 bits per heavy atom. The molecule has 9 aromatic carbocycles. The number of nitrogens with zero attached hydrogens (tertiary/aromatic N) is 3. The van der Waals surface area contributed by atoms with Crippen molar-refractivity contribution >= 4 is 257 Å². The van der Waals surface area contributed by atoms with Gasteiger partial charge >= 0.3 is 12.5 Å². The Balaban J connectivity index is 0.000000682. The zero-order valence-electron chi connectivity index (χ0n) is 56.3. The Kier molecular flexibility index (Phi) is 43.3. The summed E-state index contributed by atoms with van der Waals surface area (Å²) in [7, 11) is 7.59. The average molecular weight is 2230 g/mol. The fourth-order valence-electron chi connectivity index (χ4n) is 7.07. The minimum Gasteiger partial charge on any atom is -0.404 e. The van der Waals surface area contributed by atoms with Crippen LogP contribution in [0, 0.1) is 73.3 Å². The average Bonchev–Trinajstić information content (AvgIpc) is 0.769. The second-order valence-electron chi connectivity index (χ2n) is 20.3. The summed E-state index contributed by atoms with van der Waals surface area (Å²) in [5.41, 5.74) is -1.31. The van der Waals surface area contributed by atoms with Crippen LogP contribution in [0.5, 0.6) is 5.75 Å². The number of ether oxygens (including phenoxy) is 1. The molecular weight excluding hydrogens is 2200 g/mol. The molecule has 0 saturated carbocycles. The first kappa shape index (κ1) is 113. The molecule has 0 atom stereocenters. The minimum atomic E-state index is -5.05. The fourth-order valence-corrected chi connectivity index (χ4v) is 17.5. The minimum absolute atomic E-state index is 0.0107. The van der Waals surface area contributed by atoms with Crippen LogP contribution in [0.2, 0.25) is 20.1 Å². The number of hydrogen-bond donors (Lipinski definition) is 0. The van der Waals surface area contributed by atoms with Crippen molar-refractivity contribution in [1.29, 1.82) is 0 Å². The van der Waals surface area contributed by atoms with Gasteiger partial charge in [-0.05, 0) is 91.0 Å². The van der Waals surface area contributed by atoms with Crippen LogP contribution >= 0.6 is 158 Å². The van der Waals surface area contributed by atoms with Crippen LogP contribution in [0.3, 0.4) is 0 Å². The molecule has 664 valence electrons. The van der Waals surface area contributed by atoms with Gasteiger partial charge in [0, 0.05) is 134 Å². The molecule has 0 saturated heterocycles. The van der Waals surface area contributed by atoms with Gasteiger partial charge in [-0.3, -0.25) is 20.2 Å². The van der Waals surface area contributed by atoms with Crippen LogP contribution in [0.25, 0.3) is 4.85 Å². The van der Waals surface area contributed by atoms with Crippen molar-refractivity contribution < 1.29 is 152 Å². The number of hydrogen-bond acceptors (Lipinski definition) is 23. The van der Waals surface area contributed by atoms with Gasteiger partial charge in [-0.2, -0.15) is 13.2 Å². The maximum atomic E-state index is 12.7. The highest BCUT2D eigenvalue weighted by Crippen LogP contribution is 2.37. The van der Waals surface area contributed by atoms with Crippen molar-refractivity contribution in [3.63, 3.8) is 0 Å². The Labute approximate surface area is 742 Å². The Bertz CT molecular complexity index is 6390. The number of benzene rings is 9. The first-order valence-electron chi connectivity index (χ1n) is 28.2. The molecule has 26 nitrogen and oxygen atoms in total. The van der Waals surface area contributed by atoms with E-state index in [0.29, 0.717) is 30.0 Å². The number of halogens is 28. The van der Waals surface area contributed by atoms with E-state index in [1.54, 1.807) is 0 Å². The molecular formula is C58H29BrCl13F14N3O23S9. The highest BCUT2D eigenvalue weighted by molar-refractivity contribution is 9.10. The van der Waals surface area contributed by atoms with Crippen molar-refractivity contribution in [2.24, 2.45) is 0 Å². The largest absolute Gasteiger partial charge is 0.573 e. The van der Waals surface area contributed by atoms with E-state index in [1.165, 1.54) is 84.9 Å². The quantitative estimate of drug-likeness (QED) is 0.0197. The summed E-state index contributed by atoms with van der Waals surface area (Å²) in [4.78, 5) is 17.6. The molecule has 0 unspecified atom stereocenters. The summed E-state index contributed by atoms with van der Waals surface area (Å²) in [6, 6.07) is 29.5. The second kappa shape index (κ2) is 46.4. The lowest BCUT2D eigenvalue weighted by molar-refractivity contribution is -0.387. The smallest absolute Gasteiger partial charge is 0.404 e. The SMILES string of the molecule is O=S(=O)(Cl)c1c(F)c(F)c(F)c(F)c1F.O=S(=O)(Cl)c1cc(Cl)cc(Cl)c1.O=S(=O)(Cl)c1ccc(Br)cc1OC(F)(F)F.O=S(=O)(Cl)c1ccc(C(F)(F)F)cc1Cl.O=S(=O)(Cl)c1ccc(F)cc1Cl.O=S(=O)(Cl)c1ccc(F)cc1F.O=[N+]([O-])c1ccccc1CS(=O)(=O)Cl.O=[N+]([O-])c1ccccc1S(=O)(=O)Cl.[C-]#[N+]c1ccc(S(=O)(=O)Cl)cc1. The molecule has 121 heavy (non-hydrogen) atoms. The normalized spacial score (nSPS) is 11.7. The van der Waals surface area contributed by atoms with Gasteiger partial charge in [-0.15, -0.1) is 13.2 Å². The molecule has 0 spiro atoms. The van der Waals surface area contributed by atoms with Gasteiger partial charge in [0.2, 0.25) is 14.9 Å². The van der Waals surface area contributed by atoms with Crippen LogP contribution in [-0.2, 0) is 93.4 Å². The van der Waals surface area contributed by atoms with Crippen LogP contribution in [0.4, 0.5) is 78.5 Å². The third-order valence-electron chi connectivity index (χ3n) is 11.8. The molecule has 0 fully saturated rings. The summed E-state index contributed by atoms with van der Waals surface area (Å²) >= 11 is 24.7. The topological polar surface area (TPSA) is 407 Å². The predicted octanol–water partition coefficient (Wildman–Crippen LogP) is 21.4. The molecule has 0 radical (unpaired) electrons. The van der Waals surface area contributed by atoms with Crippen LogP contribution < -0.4 is 4.74 Å². The highest BCUT2D eigenvalue weighted by atomic mass is 79.9. The van der Waals surface area contributed by atoms with E-state index in [1.807, 2.05) is 0 Å². The fraction of sp³-hybridized carbons (Fsp3) is 0.0517. The third-order valence-corrected chi connectivity index (χ3v) is 25.5. The first-order chi connectivity index (χ1) is 54.5. The zero-order chi connectivity index (χ0) is 94.5. The van der Waals surface area contributed by atoms with Crippen molar-refractivity contribution in [3.8, 4) is 5.75 Å². The summed E-state index contributed by atoms with van der Waals surface area (Å²) in [5, 5.41) is 20.5. The van der Waals surface area contributed by atoms with E-state index in [4.69, 9.17) is 138 Å². The highest BCUT2D eigenvalue weighted by Gasteiger charge is 2.36. The van der Waals surface area contributed by atoms with Crippen molar-refractivity contribution in [1.82, 2.24) is 0 Å². The van der Waals surface area contributed by atoms with Gasteiger partial charge < -0.3 is 4.74 Å². The van der Waals surface area contributed by atoms with E-state index in [9.17, 15) is 157 Å². The number of rotatable bonds is 13.